The van der Waals surface area contributed by atoms with Crippen LogP contribution in [0, 0.1) is 0 Å². The molecule has 2 unspecified atom stereocenters. The Morgan fingerprint density at radius 2 is 2.24 bits per heavy atom. The summed E-state index contributed by atoms with van der Waals surface area (Å²) >= 11 is 0. The van der Waals surface area contributed by atoms with E-state index < -0.39 is 0 Å². The fraction of sp³-hybridized carbons (Fsp3) is 0.769. The summed E-state index contributed by atoms with van der Waals surface area (Å²) in [5, 5.41) is 3.49. The van der Waals surface area contributed by atoms with Gasteiger partial charge < -0.3 is 14.6 Å². The van der Waals surface area contributed by atoms with Crippen molar-refractivity contribution in [3.63, 3.8) is 0 Å². The van der Waals surface area contributed by atoms with Gasteiger partial charge in [0.15, 0.2) is 0 Å². The maximum absolute atomic E-state index is 5.35. The Bertz CT molecular complexity index is 311. The van der Waals surface area contributed by atoms with Gasteiger partial charge in [0.2, 0.25) is 0 Å². The molecule has 4 nitrogen and oxygen atoms in total. The second-order valence-electron chi connectivity index (χ2n) is 4.37. The summed E-state index contributed by atoms with van der Waals surface area (Å²) in [5.41, 5.74) is 0. The first kappa shape index (κ1) is 14.2. The van der Waals surface area contributed by atoms with Crippen molar-refractivity contribution in [2.45, 2.75) is 52.3 Å². The van der Waals surface area contributed by atoms with Gasteiger partial charge in [-0.2, -0.15) is 0 Å². The molecule has 1 heterocycles. The van der Waals surface area contributed by atoms with Crippen LogP contribution in [0.2, 0.25) is 0 Å². The van der Waals surface area contributed by atoms with Crippen molar-refractivity contribution < 1.29 is 4.74 Å². The molecule has 0 spiro atoms. The molecule has 1 aromatic heterocycles. The lowest BCUT2D eigenvalue weighted by molar-refractivity contribution is 0.0991. The summed E-state index contributed by atoms with van der Waals surface area (Å²) < 4.78 is 7.58. The molecule has 17 heavy (non-hydrogen) atoms. The molecule has 0 aliphatic carbocycles. The van der Waals surface area contributed by atoms with Gasteiger partial charge >= 0.3 is 0 Å². The van der Waals surface area contributed by atoms with Crippen LogP contribution in [0.3, 0.4) is 0 Å². The molecule has 0 aromatic carbocycles. The summed E-state index contributed by atoms with van der Waals surface area (Å²) in [5.74, 6) is 1.12. The molecular weight excluding hydrogens is 214 g/mol. The molecule has 0 bridgehead atoms. The number of nitrogens with zero attached hydrogens (tertiary/aromatic N) is 2. The second kappa shape index (κ2) is 7.45. The Labute approximate surface area is 104 Å². The van der Waals surface area contributed by atoms with E-state index in [0.29, 0.717) is 0 Å². The van der Waals surface area contributed by atoms with Gasteiger partial charge in [-0.15, -0.1) is 0 Å². The van der Waals surface area contributed by atoms with Crippen molar-refractivity contribution in [2.24, 2.45) is 0 Å². The van der Waals surface area contributed by atoms with Crippen molar-refractivity contribution in [3.05, 3.63) is 18.2 Å². The average Bonchev–Trinajstić information content (AvgIpc) is 2.77. The molecule has 2 atom stereocenters. The molecule has 0 aliphatic heterocycles. The zero-order valence-electron chi connectivity index (χ0n) is 11.4. The summed E-state index contributed by atoms with van der Waals surface area (Å²) in [7, 11) is 1.76. The van der Waals surface area contributed by atoms with Gasteiger partial charge in [-0.25, -0.2) is 4.98 Å². The second-order valence-corrected chi connectivity index (χ2v) is 4.37. The molecule has 98 valence electrons. The van der Waals surface area contributed by atoms with E-state index >= 15 is 0 Å². The van der Waals surface area contributed by atoms with Crippen LogP contribution in [0.25, 0.3) is 0 Å². The number of aryl methyl sites for hydroxylation is 1. The Morgan fingerprint density at radius 1 is 1.47 bits per heavy atom. The molecule has 0 aliphatic rings. The number of hydrogen-bond acceptors (Lipinski definition) is 3. The Morgan fingerprint density at radius 3 is 2.82 bits per heavy atom. The number of nitrogens with one attached hydrogen (secondary N) is 1. The molecule has 0 amide bonds. The van der Waals surface area contributed by atoms with E-state index in [2.05, 4.69) is 41.8 Å². The SMILES string of the molecule is CCCn1ccnc1C(CC(C)OC)NCC. The summed E-state index contributed by atoms with van der Waals surface area (Å²) in [6.07, 6.45) is 6.26. The van der Waals surface area contributed by atoms with E-state index in [1.807, 2.05) is 6.20 Å². The fourth-order valence-electron chi connectivity index (χ4n) is 2.02. The van der Waals surface area contributed by atoms with Gasteiger partial charge in [0.1, 0.15) is 5.82 Å². The predicted octanol–water partition coefficient (Wildman–Crippen LogP) is 2.37. The van der Waals surface area contributed by atoms with Crippen molar-refractivity contribution in [1.29, 1.82) is 0 Å². The van der Waals surface area contributed by atoms with E-state index in [1.165, 1.54) is 0 Å². The number of methoxy groups -OCH3 is 1. The minimum Gasteiger partial charge on any atom is -0.382 e. The first-order chi connectivity index (χ1) is 8.22. The summed E-state index contributed by atoms with van der Waals surface area (Å²) in [4.78, 5) is 4.49. The average molecular weight is 239 g/mol. The maximum atomic E-state index is 5.35. The van der Waals surface area contributed by atoms with Crippen molar-refractivity contribution in [2.75, 3.05) is 13.7 Å². The number of rotatable bonds is 8. The summed E-state index contributed by atoms with van der Waals surface area (Å²) in [6, 6.07) is 0.275. The number of hydrogen-bond donors (Lipinski definition) is 1. The van der Waals surface area contributed by atoms with Crippen LogP contribution in [-0.4, -0.2) is 29.3 Å². The molecule has 4 heteroatoms. The minimum absolute atomic E-state index is 0.242. The van der Waals surface area contributed by atoms with Gasteiger partial charge in [-0.3, -0.25) is 0 Å². The van der Waals surface area contributed by atoms with E-state index in [9.17, 15) is 0 Å². The third-order valence-corrected chi connectivity index (χ3v) is 2.94. The monoisotopic (exact) mass is 239 g/mol. The highest BCUT2D eigenvalue weighted by Gasteiger charge is 2.18. The number of aromatic nitrogens is 2. The highest BCUT2D eigenvalue weighted by Crippen LogP contribution is 2.18. The Hall–Kier alpha value is -0.870. The first-order valence-electron chi connectivity index (χ1n) is 6.50. The fourth-order valence-corrected chi connectivity index (χ4v) is 2.02. The Kier molecular flexibility index (Phi) is 6.22. The van der Waals surface area contributed by atoms with Crippen LogP contribution in [0.5, 0.6) is 0 Å². The molecule has 1 N–H and O–H groups in total. The first-order valence-corrected chi connectivity index (χ1v) is 6.50. The quantitative estimate of drug-likeness (QED) is 0.757. The normalized spacial score (nSPS) is 14.8. The molecule has 1 rings (SSSR count). The van der Waals surface area contributed by atoms with Gasteiger partial charge in [0.05, 0.1) is 12.1 Å². The number of imidazole rings is 1. The lowest BCUT2D eigenvalue weighted by atomic mass is 10.1. The molecule has 0 radical (unpaired) electrons. The van der Waals surface area contributed by atoms with Crippen LogP contribution >= 0.6 is 0 Å². The topological polar surface area (TPSA) is 39.1 Å². The van der Waals surface area contributed by atoms with Crippen LogP contribution in [-0.2, 0) is 11.3 Å². The van der Waals surface area contributed by atoms with E-state index in [-0.39, 0.29) is 12.1 Å². The highest BCUT2D eigenvalue weighted by atomic mass is 16.5. The molecular formula is C13H25N3O. The van der Waals surface area contributed by atoms with Crippen LogP contribution < -0.4 is 5.32 Å². The van der Waals surface area contributed by atoms with Crippen LogP contribution in [0.15, 0.2) is 12.4 Å². The standard InChI is InChI=1S/C13H25N3O/c1-5-8-16-9-7-15-13(16)12(14-6-2)10-11(3)17-4/h7,9,11-12,14H,5-6,8,10H2,1-4H3. The minimum atomic E-state index is 0.242. The third-order valence-electron chi connectivity index (χ3n) is 2.94. The molecule has 0 saturated heterocycles. The predicted molar refractivity (Wildman–Crippen MR) is 70.0 cm³/mol. The zero-order valence-corrected chi connectivity index (χ0v) is 11.4. The highest BCUT2D eigenvalue weighted by molar-refractivity contribution is 5.00. The van der Waals surface area contributed by atoms with Gasteiger partial charge in [0.25, 0.3) is 0 Å². The smallest absolute Gasteiger partial charge is 0.125 e. The van der Waals surface area contributed by atoms with Crippen molar-refractivity contribution >= 4 is 0 Å². The summed E-state index contributed by atoms with van der Waals surface area (Å²) in [6.45, 7) is 8.37. The number of ether oxygens (including phenoxy) is 1. The molecule has 0 fully saturated rings. The van der Waals surface area contributed by atoms with Crippen LogP contribution in [0.4, 0.5) is 0 Å². The van der Waals surface area contributed by atoms with Crippen LogP contribution in [0.1, 0.15) is 45.5 Å². The zero-order chi connectivity index (χ0) is 12.7. The van der Waals surface area contributed by atoms with E-state index in [4.69, 9.17) is 4.74 Å². The third kappa shape index (κ3) is 4.13. The lowest BCUT2D eigenvalue weighted by Crippen LogP contribution is -2.27. The van der Waals surface area contributed by atoms with Crippen molar-refractivity contribution in [3.8, 4) is 0 Å². The van der Waals surface area contributed by atoms with Crippen molar-refractivity contribution in [1.82, 2.24) is 14.9 Å². The van der Waals surface area contributed by atoms with E-state index in [0.717, 1.165) is 31.8 Å². The van der Waals surface area contributed by atoms with Gasteiger partial charge in [-0.05, 0) is 26.3 Å². The van der Waals surface area contributed by atoms with Gasteiger partial charge in [-0.1, -0.05) is 13.8 Å². The lowest BCUT2D eigenvalue weighted by Gasteiger charge is -2.21. The van der Waals surface area contributed by atoms with E-state index in [1.54, 1.807) is 7.11 Å². The molecule has 0 saturated carbocycles. The largest absolute Gasteiger partial charge is 0.382 e. The van der Waals surface area contributed by atoms with Gasteiger partial charge in [0, 0.05) is 26.0 Å². The maximum Gasteiger partial charge on any atom is 0.125 e. The Balaban J connectivity index is 2.77. The molecule has 1 aromatic rings.